The highest BCUT2D eigenvalue weighted by Crippen LogP contribution is 2.27. The molecule has 0 aromatic heterocycles. The van der Waals surface area contributed by atoms with Gasteiger partial charge in [0.2, 0.25) is 0 Å². The van der Waals surface area contributed by atoms with Gasteiger partial charge in [0.1, 0.15) is 23.9 Å². The van der Waals surface area contributed by atoms with Crippen LogP contribution in [0.1, 0.15) is 50.2 Å². The van der Waals surface area contributed by atoms with E-state index in [1.807, 2.05) is 18.2 Å². The number of phenols is 1. The molecule has 0 aliphatic heterocycles. The first-order chi connectivity index (χ1) is 14.5. The van der Waals surface area contributed by atoms with Gasteiger partial charge in [-0.1, -0.05) is 12.1 Å². The number of aryl methyl sites for hydroxylation is 2. The van der Waals surface area contributed by atoms with Crippen LogP contribution in [0.3, 0.4) is 0 Å². The molecule has 2 aliphatic carbocycles. The molecule has 1 N–H and O–H groups in total. The standard InChI is InChI=1S/C16H13FO2.C9H8O2/c17-13-4-1-11(2-5-13)10-19-14-6-7-15-12(9-14)3-8-16(15)18;10-7-2-3-8-6(5-7)1-4-9(8)11/h1-2,4-7,9H,3,8,10H2;2-3,5,10H,1,4H2. The summed E-state index contributed by atoms with van der Waals surface area (Å²) in [6.07, 6.45) is 2.76. The first-order valence-corrected chi connectivity index (χ1v) is 9.88. The average molecular weight is 404 g/mol. The highest BCUT2D eigenvalue weighted by atomic mass is 19.1. The van der Waals surface area contributed by atoms with Gasteiger partial charge in [-0.05, 0) is 78.1 Å². The van der Waals surface area contributed by atoms with Crippen molar-refractivity contribution in [2.45, 2.75) is 32.3 Å². The van der Waals surface area contributed by atoms with E-state index in [0.29, 0.717) is 19.4 Å². The summed E-state index contributed by atoms with van der Waals surface area (Å²) in [5.41, 5.74) is 4.55. The smallest absolute Gasteiger partial charge is 0.163 e. The van der Waals surface area contributed by atoms with Gasteiger partial charge >= 0.3 is 0 Å². The molecule has 0 atom stereocenters. The molecule has 152 valence electrons. The summed E-state index contributed by atoms with van der Waals surface area (Å²) in [5, 5.41) is 9.07. The molecule has 0 unspecified atom stereocenters. The molecule has 0 heterocycles. The van der Waals surface area contributed by atoms with Crippen molar-refractivity contribution in [2.75, 3.05) is 0 Å². The lowest BCUT2D eigenvalue weighted by molar-refractivity contribution is 0.0986. The van der Waals surface area contributed by atoms with Crippen LogP contribution in [0, 0.1) is 5.82 Å². The summed E-state index contributed by atoms with van der Waals surface area (Å²) < 4.78 is 18.4. The fraction of sp³-hybridized carbons (Fsp3) is 0.200. The Kier molecular flexibility index (Phi) is 5.61. The minimum atomic E-state index is -0.250. The number of hydrogen-bond donors (Lipinski definition) is 1. The quantitative estimate of drug-likeness (QED) is 0.663. The Labute approximate surface area is 173 Å². The minimum absolute atomic E-state index is 0.194. The lowest BCUT2D eigenvalue weighted by Crippen LogP contribution is -1.97. The Bertz CT molecular complexity index is 1100. The van der Waals surface area contributed by atoms with E-state index in [0.717, 1.165) is 46.4 Å². The molecule has 0 saturated carbocycles. The van der Waals surface area contributed by atoms with Gasteiger partial charge in [0.15, 0.2) is 11.6 Å². The fourth-order valence-electron chi connectivity index (χ4n) is 3.71. The zero-order valence-electron chi connectivity index (χ0n) is 16.4. The second kappa shape index (κ2) is 8.49. The predicted molar refractivity (Wildman–Crippen MR) is 111 cm³/mol. The van der Waals surface area contributed by atoms with Crippen molar-refractivity contribution >= 4 is 11.6 Å². The number of Topliss-reactive ketones (excluding diaryl/α,β-unsaturated/α-hetero) is 2. The number of phenolic OH excluding ortho intramolecular Hbond substituents is 1. The maximum Gasteiger partial charge on any atom is 0.163 e. The third kappa shape index (κ3) is 4.40. The second-order valence-corrected chi connectivity index (χ2v) is 7.42. The highest BCUT2D eigenvalue weighted by molar-refractivity contribution is 6.01. The topological polar surface area (TPSA) is 63.6 Å². The maximum atomic E-state index is 12.8. The second-order valence-electron chi connectivity index (χ2n) is 7.42. The van der Waals surface area contributed by atoms with Gasteiger partial charge in [0, 0.05) is 24.0 Å². The molecule has 5 heteroatoms. The van der Waals surface area contributed by atoms with Crippen molar-refractivity contribution in [3.63, 3.8) is 0 Å². The molecule has 0 radical (unpaired) electrons. The number of ketones is 2. The van der Waals surface area contributed by atoms with E-state index in [1.165, 1.54) is 12.1 Å². The van der Waals surface area contributed by atoms with Crippen LogP contribution >= 0.6 is 0 Å². The van der Waals surface area contributed by atoms with Crippen molar-refractivity contribution in [2.24, 2.45) is 0 Å². The van der Waals surface area contributed by atoms with Crippen LogP contribution in [0.25, 0.3) is 0 Å². The largest absolute Gasteiger partial charge is 0.508 e. The molecule has 3 aromatic rings. The van der Waals surface area contributed by atoms with Crippen molar-refractivity contribution in [3.05, 3.63) is 94.3 Å². The summed E-state index contributed by atoms with van der Waals surface area (Å²) in [4.78, 5) is 22.6. The Balaban J connectivity index is 0.000000168. The molecule has 0 saturated heterocycles. The molecular formula is C25H21FO4. The number of fused-ring (bicyclic) bond motifs is 2. The zero-order valence-corrected chi connectivity index (χ0v) is 16.4. The minimum Gasteiger partial charge on any atom is -0.508 e. The van der Waals surface area contributed by atoms with E-state index in [9.17, 15) is 14.0 Å². The van der Waals surface area contributed by atoms with Crippen LogP contribution < -0.4 is 4.74 Å². The van der Waals surface area contributed by atoms with Gasteiger partial charge in [0.25, 0.3) is 0 Å². The third-order valence-electron chi connectivity index (χ3n) is 5.33. The number of benzene rings is 3. The summed E-state index contributed by atoms with van der Waals surface area (Å²) in [7, 11) is 0. The molecule has 3 aromatic carbocycles. The molecule has 30 heavy (non-hydrogen) atoms. The predicted octanol–water partition coefficient (Wildman–Crippen LogP) is 5.05. The van der Waals surface area contributed by atoms with Gasteiger partial charge in [0.05, 0.1) is 0 Å². The number of aromatic hydroxyl groups is 1. The van der Waals surface area contributed by atoms with Crippen molar-refractivity contribution in [3.8, 4) is 11.5 Å². The van der Waals surface area contributed by atoms with Crippen molar-refractivity contribution < 1.29 is 23.8 Å². The SMILES string of the molecule is O=C1CCc2cc(O)ccc21.O=C1CCc2cc(OCc3ccc(F)cc3)ccc21. The monoisotopic (exact) mass is 404 g/mol. The van der Waals surface area contributed by atoms with Gasteiger partial charge in [-0.3, -0.25) is 9.59 Å². The zero-order chi connectivity index (χ0) is 21.1. The molecule has 0 spiro atoms. The highest BCUT2D eigenvalue weighted by Gasteiger charge is 2.20. The van der Waals surface area contributed by atoms with Gasteiger partial charge in [-0.25, -0.2) is 4.39 Å². The maximum absolute atomic E-state index is 12.8. The number of carbonyl (C=O) groups excluding carboxylic acids is 2. The lowest BCUT2D eigenvalue weighted by atomic mass is 10.1. The molecule has 0 fully saturated rings. The first kappa shape index (κ1) is 19.8. The van der Waals surface area contributed by atoms with Crippen LogP contribution in [0.4, 0.5) is 4.39 Å². The summed E-state index contributed by atoms with van der Waals surface area (Å²) in [5.74, 6) is 1.15. The fourth-order valence-corrected chi connectivity index (χ4v) is 3.71. The summed E-state index contributed by atoms with van der Waals surface area (Å²) >= 11 is 0. The van der Waals surface area contributed by atoms with Crippen molar-refractivity contribution in [1.29, 1.82) is 0 Å². The van der Waals surface area contributed by atoms with Gasteiger partial charge in [-0.2, -0.15) is 0 Å². The molecule has 5 rings (SSSR count). The van der Waals surface area contributed by atoms with Crippen LogP contribution in [0.5, 0.6) is 11.5 Å². The van der Waals surface area contributed by atoms with Gasteiger partial charge in [-0.15, -0.1) is 0 Å². The van der Waals surface area contributed by atoms with E-state index < -0.39 is 0 Å². The molecule has 0 bridgehead atoms. The van der Waals surface area contributed by atoms with E-state index >= 15 is 0 Å². The van der Waals surface area contributed by atoms with Gasteiger partial charge < -0.3 is 9.84 Å². The molecule has 0 amide bonds. The summed E-state index contributed by atoms with van der Waals surface area (Å²) in [6.45, 7) is 0.396. The number of ether oxygens (including phenoxy) is 1. The van der Waals surface area contributed by atoms with Crippen LogP contribution in [0.15, 0.2) is 60.7 Å². The van der Waals surface area contributed by atoms with E-state index in [1.54, 1.807) is 30.3 Å². The Morgan fingerprint density at radius 2 is 1.37 bits per heavy atom. The number of carbonyl (C=O) groups is 2. The Morgan fingerprint density at radius 3 is 2.03 bits per heavy atom. The van der Waals surface area contributed by atoms with Crippen molar-refractivity contribution in [1.82, 2.24) is 0 Å². The van der Waals surface area contributed by atoms with E-state index in [2.05, 4.69) is 0 Å². The lowest BCUT2D eigenvalue weighted by Gasteiger charge is -2.07. The first-order valence-electron chi connectivity index (χ1n) is 9.88. The number of halogens is 1. The average Bonchev–Trinajstić information content (AvgIpc) is 3.30. The Hall–Kier alpha value is -3.47. The number of rotatable bonds is 3. The Morgan fingerprint density at radius 1 is 0.767 bits per heavy atom. The van der Waals surface area contributed by atoms with Crippen LogP contribution in [0.2, 0.25) is 0 Å². The van der Waals surface area contributed by atoms with Crippen LogP contribution in [-0.4, -0.2) is 16.7 Å². The van der Waals surface area contributed by atoms with E-state index in [-0.39, 0.29) is 23.1 Å². The normalized spacial score (nSPS) is 14.0. The number of hydrogen-bond acceptors (Lipinski definition) is 4. The molecular weight excluding hydrogens is 383 g/mol. The third-order valence-corrected chi connectivity index (χ3v) is 5.33. The molecule has 4 nitrogen and oxygen atoms in total. The summed E-state index contributed by atoms with van der Waals surface area (Å²) in [6, 6.07) is 16.7. The van der Waals surface area contributed by atoms with Crippen LogP contribution in [-0.2, 0) is 19.4 Å². The molecule has 2 aliphatic rings. The van der Waals surface area contributed by atoms with E-state index in [4.69, 9.17) is 9.84 Å².